The van der Waals surface area contributed by atoms with Crippen molar-refractivity contribution in [1.29, 1.82) is 0 Å². The molecule has 1 fully saturated rings. The molecule has 0 bridgehead atoms. The average molecular weight is 426 g/mol. The van der Waals surface area contributed by atoms with Crippen molar-refractivity contribution in [3.05, 3.63) is 24.4 Å². The number of amides is 2. The fourth-order valence-corrected chi connectivity index (χ4v) is 4.98. The van der Waals surface area contributed by atoms with Crippen LogP contribution < -0.4 is 10.6 Å². The fraction of sp³-hybridized carbons (Fsp3) is 0.650. The zero-order chi connectivity index (χ0) is 20.4. The molecule has 1 aromatic heterocycles. The van der Waals surface area contributed by atoms with Crippen LogP contribution in [0, 0.1) is 0 Å². The minimum absolute atomic E-state index is 0.146. The monoisotopic (exact) mass is 425 g/mol. The minimum atomic E-state index is -0.653. The molecule has 0 aromatic carbocycles. The number of ether oxygens (including phenoxy) is 1. The maximum Gasteiger partial charge on any atom is 0.408 e. The highest BCUT2D eigenvalue weighted by molar-refractivity contribution is 8.76. The van der Waals surface area contributed by atoms with E-state index in [1.807, 2.05) is 18.2 Å². The summed E-state index contributed by atoms with van der Waals surface area (Å²) in [5.74, 6) is 0.283. The van der Waals surface area contributed by atoms with Crippen LogP contribution >= 0.6 is 21.6 Å². The lowest BCUT2D eigenvalue weighted by Crippen LogP contribution is -2.51. The van der Waals surface area contributed by atoms with Crippen molar-refractivity contribution in [2.24, 2.45) is 0 Å². The Morgan fingerprint density at radius 2 is 1.93 bits per heavy atom. The van der Waals surface area contributed by atoms with Gasteiger partial charge in [0.2, 0.25) is 5.91 Å². The van der Waals surface area contributed by atoms with Crippen molar-refractivity contribution in [2.75, 3.05) is 5.75 Å². The van der Waals surface area contributed by atoms with Crippen LogP contribution in [0.5, 0.6) is 0 Å². The quantitative estimate of drug-likeness (QED) is 0.493. The summed E-state index contributed by atoms with van der Waals surface area (Å²) in [6.45, 7) is 5.41. The maximum atomic E-state index is 12.8. The molecule has 156 valence electrons. The molecule has 2 amide bonds. The summed E-state index contributed by atoms with van der Waals surface area (Å²) < 4.78 is 5.33. The zero-order valence-electron chi connectivity index (χ0n) is 16.9. The summed E-state index contributed by atoms with van der Waals surface area (Å²) in [4.78, 5) is 29.3. The fourth-order valence-electron chi connectivity index (χ4n) is 2.92. The minimum Gasteiger partial charge on any atom is -0.444 e. The van der Waals surface area contributed by atoms with Crippen LogP contribution in [-0.2, 0) is 9.53 Å². The maximum absolute atomic E-state index is 12.8. The van der Waals surface area contributed by atoms with E-state index in [0.717, 1.165) is 30.7 Å². The third-order valence-electron chi connectivity index (χ3n) is 4.23. The van der Waals surface area contributed by atoms with Gasteiger partial charge in [0.05, 0.1) is 0 Å². The molecular formula is C20H31N3O3S2. The predicted molar refractivity (Wildman–Crippen MR) is 115 cm³/mol. The van der Waals surface area contributed by atoms with Gasteiger partial charge < -0.3 is 15.4 Å². The number of pyridine rings is 1. The molecule has 0 spiro atoms. The van der Waals surface area contributed by atoms with Gasteiger partial charge in [-0.05, 0) is 56.5 Å². The smallest absolute Gasteiger partial charge is 0.408 e. The highest BCUT2D eigenvalue weighted by atomic mass is 33.1. The largest absolute Gasteiger partial charge is 0.444 e. The zero-order valence-corrected chi connectivity index (χ0v) is 18.5. The van der Waals surface area contributed by atoms with Gasteiger partial charge in [-0.3, -0.25) is 4.79 Å². The Kier molecular flexibility index (Phi) is 9.44. The Morgan fingerprint density at radius 1 is 1.21 bits per heavy atom. The Morgan fingerprint density at radius 3 is 2.54 bits per heavy atom. The number of hydrogen-bond donors (Lipinski definition) is 2. The second kappa shape index (κ2) is 11.6. The molecule has 1 aliphatic carbocycles. The van der Waals surface area contributed by atoms with Gasteiger partial charge in [0.25, 0.3) is 0 Å². The van der Waals surface area contributed by atoms with Gasteiger partial charge in [0, 0.05) is 18.0 Å². The van der Waals surface area contributed by atoms with Crippen molar-refractivity contribution in [2.45, 2.75) is 82.0 Å². The first kappa shape index (κ1) is 22.9. The average Bonchev–Trinajstić information content (AvgIpc) is 2.89. The Bertz CT molecular complexity index is 615. The van der Waals surface area contributed by atoms with Crippen LogP contribution in [-0.4, -0.2) is 40.4 Å². The molecule has 28 heavy (non-hydrogen) atoms. The van der Waals surface area contributed by atoms with Crippen LogP contribution in [0.25, 0.3) is 0 Å². The summed E-state index contributed by atoms with van der Waals surface area (Å²) in [5, 5.41) is 6.73. The van der Waals surface area contributed by atoms with E-state index in [9.17, 15) is 9.59 Å². The van der Waals surface area contributed by atoms with Gasteiger partial charge in [-0.15, -0.1) is 0 Å². The molecule has 0 saturated heterocycles. The molecule has 1 aromatic rings. The summed E-state index contributed by atoms with van der Waals surface area (Å²) in [6, 6.07) is 5.23. The number of carbonyl (C=O) groups is 2. The summed E-state index contributed by atoms with van der Waals surface area (Å²) in [7, 11) is 2.98. The van der Waals surface area contributed by atoms with Crippen LogP contribution in [0.2, 0.25) is 0 Å². The lowest BCUT2D eigenvalue weighted by Gasteiger charge is -2.25. The van der Waals surface area contributed by atoms with Gasteiger partial charge in [0.1, 0.15) is 16.7 Å². The van der Waals surface area contributed by atoms with E-state index in [1.54, 1.807) is 27.0 Å². The van der Waals surface area contributed by atoms with Crippen LogP contribution in [0.3, 0.4) is 0 Å². The third-order valence-corrected chi connectivity index (χ3v) is 6.50. The molecule has 1 atom stereocenters. The van der Waals surface area contributed by atoms with Crippen molar-refractivity contribution in [1.82, 2.24) is 15.6 Å². The normalized spacial score (nSPS) is 16.7. The lowest BCUT2D eigenvalue weighted by molar-refractivity contribution is -0.123. The van der Waals surface area contributed by atoms with E-state index in [-0.39, 0.29) is 11.9 Å². The Hall–Kier alpha value is -1.41. The van der Waals surface area contributed by atoms with Gasteiger partial charge in [-0.25, -0.2) is 9.78 Å². The number of rotatable bonds is 7. The molecule has 1 aliphatic rings. The van der Waals surface area contributed by atoms with Crippen molar-refractivity contribution < 1.29 is 14.3 Å². The number of nitrogens with one attached hydrogen (secondary N) is 2. The molecule has 8 heteroatoms. The molecule has 2 N–H and O–H groups in total. The molecule has 2 rings (SSSR count). The van der Waals surface area contributed by atoms with E-state index < -0.39 is 17.7 Å². The Balaban J connectivity index is 1.93. The molecular weight excluding hydrogens is 394 g/mol. The summed E-state index contributed by atoms with van der Waals surface area (Å²) in [6.07, 6.45) is 7.89. The molecule has 0 radical (unpaired) electrons. The number of carbonyl (C=O) groups excluding carboxylic acids is 2. The number of hydrogen-bond acceptors (Lipinski definition) is 6. The lowest BCUT2D eigenvalue weighted by atomic mass is 10.1. The van der Waals surface area contributed by atoms with Crippen LogP contribution in [0.1, 0.15) is 59.3 Å². The van der Waals surface area contributed by atoms with E-state index in [4.69, 9.17) is 4.74 Å². The highest BCUT2D eigenvalue weighted by Gasteiger charge is 2.26. The van der Waals surface area contributed by atoms with Crippen molar-refractivity contribution >= 4 is 33.6 Å². The summed E-state index contributed by atoms with van der Waals surface area (Å²) in [5.41, 5.74) is -0.609. The van der Waals surface area contributed by atoms with Gasteiger partial charge in [-0.1, -0.05) is 42.5 Å². The summed E-state index contributed by atoms with van der Waals surface area (Å²) >= 11 is 0. The number of alkyl carbamates (subject to hydrolysis) is 1. The van der Waals surface area contributed by atoms with E-state index in [0.29, 0.717) is 5.75 Å². The van der Waals surface area contributed by atoms with Gasteiger partial charge >= 0.3 is 6.09 Å². The molecule has 6 nitrogen and oxygen atoms in total. The van der Waals surface area contributed by atoms with E-state index >= 15 is 0 Å². The van der Waals surface area contributed by atoms with E-state index in [2.05, 4.69) is 15.6 Å². The SMILES string of the molecule is CC(C)(C)OC(=O)NC(CSSc1ccccn1)C(=O)NC1CCCCCC1. The van der Waals surface area contributed by atoms with E-state index in [1.165, 1.54) is 34.4 Å². The molecule has 1 saturated carbocycles. The third kappa shape index (κ3) is 9.19. The first-order valence-corrected chi connectivity index (χ1v) is 12.2. The first-order valence-electron chi connectivity index (χ1n) is 9.84. The topological polar surface area (TPSA) is 80.3 Å². The second-order valence-corrected chi connectivity index (χ2v) is 10.3. The van der Waals surface area contributed by atoms with Crippen molar-refractivity contribution in [3.8, 4) is 0 Å². The molecule has 1 heterocycles. The highest BCUT2D eigenvalue weighted by Crippen LogP contribution is 2.29. The Labute approximate surface area is 175 Å². The number of aromatic nitrogens is 1. The predicted octanol–water partition coefficient (Wildman–Crippen LogP) is 4.55. The van der Waals surface area contributed by atoms with Crippen LogP contribution in [0.4, 0.5) is 4.79 Å². The van der Waals surface area contributed by atoms with Crippen molar-refractivity contribution in [3.63, 3.8) is 0 Å². The molecule has 0 aliphatic heterocycles. The standard InChI is InChI=1S/C20H31N3O3S2/c1-20(2,3)26-19(25)23-16(14-27-28-17-12-8-9-13-21-17)18(24)22-15-10-6-4-5-7-11-15/h8-9,12-13,15-16H,4-7,10-11,14H2,1-3H3,(H,22,24)(H,23,25). The van der Waals surface area contributed by atoms with Crippen LogP contribution in [0.15, 0.2) is 29.4 Å². The second-order valence-electron chi connectivity index (χ2n) is 7.93. The van der Waals surface area contributed by atoms with Gasteiger partial charge in [0.15, 0.2) is 0 Å². The first-order chi connectivity index (χ1) is 13.3. The number of nitrogens with zero attached hydrogens (tertiary/aromatic N) is 1. The molecule has 1 unspecified atom stereocenters. The van der Waals surface area contributed by atoms with Gasteiger partial charge in [-0.2, -0.15) is 0 Å².